The lowest BCUT2D eigenvalue weighted by Gasteiger charge is -2.31. The second kappa shape index (κ2) is 6.86. The first-order valence-electron chi connectivity index (χ1n) is 8.08. The van der Waals surface area contributed by atoms with Crippen molar-refractivity contribution in [3.63, 3.8) is 0 Å². The number of likely N-dealkylation sites (tertiary alicyclic amines) is 1. The number of piperidine rings is 1. The lowest BCUT2D eigenvalue weighted by atomic mass is 9.95. The molecule has 0 aliphatic carbocycles. The third-order valence-corrected chi connectivity index (χ3v) is 4.21. The van der Waals surface area contributed by atoms with Crippen LogP contribution < -0.4 is 10.2 Å². The number of nitrogens with zero attached hydrogens (tertiary/aromatic N) is 6. The van der Waals surface area contributed by atoms with Crippen molar-refractivity contribution in [2.75, 3.05) is 37.4 Å². The smallest absolute Gasteiger partial charge is 0.323 e. The molecule has 0 spiro atoms. The highest BCUT2D eigenvalue weighted by Crippen LogP contribution is 2.26. The third-order valence-electron chi connectivity index (χ3n) is 4.21. The third kappa shape index (κ3) is 3.64. The first kappa shape index (κ1) is 16.2. The number of rotatable bonds is 3. The van der Waals surface area contributed by atoms with Gasteiger partial charge in [-0.15, -0.1) is 0 Å². The van der Waals surface area contributed by atoms with Crippen LogP contribution in [0.3, 0.4) is 0 Å². The molecule has 0 aromatic carbocycles. The number of amides is 2. The van der Waals surface area contributed by atoms with E-state index in [9.17, 15) is 4.79 Å². The van der Waals surface area contributed by atoms with Crippen molar-refractivity contribution < 1.29 is 4.79 Å². The Labute approximate surface area is 141 Å². The molecule has 3 rings (SSSR count). The van der Waals surface area contributed by atoms with Crippen LogP contribution in [0.15, 0.2) is 24.7 Å². The molecule has 0 radical (unpaired) electrons. The summed E-state index contributed by atoms with van der Waals surface area (Å²) in [7, 11) is 5.71. The summed E-state index contributed by atoms with van der Waals surface area (Å²) in [4.78, 5) is 24.5. The molecule has 1 atom stereocenters. The molecule has 1 unspecified atom stereocenters. The highest BCUT2D eigenvalue weighted by molar-refractivity contribution is 5.88. The van der Waals surface area contributed by atoms with Crippen molar-refractivity contribution in [2.24, 2.45) is 7.05 Å². The van der Waals surface area contributed by atoms with E-state index >= 15 is 0 Å². The van der Waals surface area contributed by atoms with E-state index in [4.69, 9.17) is 0 Å². The Morgan fingerprint density at radius 3 is 2.92 bits per heavy atom. The van der Waals surface area contributed by atoms with Gasteiger partial charge in [0.15, 0.2) is 0 Å². The molecule has 24 heavy (non-hydrogen) atoms. The summed E-state index contributed by atoms with van der Waals surface area (Å²) in [5.74, 6) is 1.55. The number of hydrogen-bond acceptors (Lipinski definition) is 5. The molecule has 1 aliphatic rings. The van der Waals surface area contributed by atoms with Crippen LogP contribution in [0, 0.1) is 0 Å². The minimum absolute atomic E-state index is 0.126. The Kier molecular flexibility index (Phi) is 4.64. The van der Waals surface area contributed by atoms with Crippen LogP contribution in [-0.2, 0) is 7.05 Å². The van der Waals surface area contributed by atoms with E-state index in [1.165, 1.54) is 6.33 Å². The highest BCUT2D eigenvalue weighted by atomic mass is 16.2. The summed E-state index contributed by atoms with van der Waals surface area (Å²) in [6, 6.07) is 3.66. The Hall–Kier alpha value is -2.64. The summed E-state index contributed by atoms with van der Waals surface area (Å²) in [5, 5.41) is 7.34. The highest BCUT2D eigenvalue weighted by Gasteiger charge is 2.26. The van der Waals surface area contributed by atoms with Gasteiger partial charge in [0, 0.05) is 52.4 Å². The average molecular weight is 329 g/mol. The summed E-state index contributed by atoms with van der Waals surface area (Å²) in [5.41, 5.74) is 1.05. The molecule has 2 aromatic heterocycles. The van der Waals surface area contributed by atoms with Crippen molar-refractivity contribution in [1.29, 1.82) is 0 Å². The van der Waals surface area contributed by atoms with E-state index < -0.39 is 0 Å². The summed E-state index contributed by atoms with van der Waals surface area (Å²) < 4.78 is 1.80. The summed E-state index contributed by atoms with van der Waals surface area (Å²) in [6.07, 6.45) is 5.43. The van der Waals surface area contributed by atoms with Crippen LogP contribution in [0.1, 0.15) is 24.5 Å². The monoisotopic (exact) mass is 329 g/mol. The van der Waals surface area contributed by atoms with Crippen molar-refractivity contribution in [3.8, 4) is 0 Å². The average Bonchev–Trinajstić information content (AvgIpc) is 3.02. The fourth-order valence-corrected chi connectivity index (χ4v) is 2.90. The zero-order chi connectivity index (χ0) is 17.1. The van der Waals surface area contributed by atoms with Crippen LogP contribution in [-0.4, -0.2) is 57.9 Å². The molecule has 8 nitrogen and oxygen atoms in total. The van der Waals surface area contributed by atoms with Gasteiger partial charge in [0.1, 0.15) is 18.0 Å². The zero-order valence-corrected chi connectivity index (χ0v) is 14.3. The maximum absolute atomic E-state index is 12.5. The molecule has 8 heteroatoms. The first-order valence-corrected chi connectivity index (χ1v) is 8.08. The number of anilines is 2. The van der Waals surface area contributed by atoms with Gasteiger partial charge in [-0.1, -0.05) is 0 Å². The standard InChI is InChI=1S/C16H23N7O/c1-21(2)15-9-14(17-11-18-15)19-16(24)23-7-4-5-12(10-23)13-6-8-22(3)20-13/h6,8-9,11-12H,4-5,7,10H2,1-3H3,(H,17,18,19,24). The predicted molar refractivity (Wildman–Crippen MR) is 92.1 cm³/mol. The fraction of sp³-hybridized carbons (Fsp3) is 0.500. The van der Waals surface area contributed by atoms with Gasteiger partial charge >= 0.3 is 6.03 Å². The van der Waals surface area contributed by atoms with E-state index in [1.54, 1.807) is 10.7 Å². The van der Waals surface area contributed by atoms with Crippen LogP contribution in [0.2, 0.25) is 0 Å². The molecule has 3 heterocycles. The van der Waals surface area contributed by atoms with E-state index in [0.717, 1.165) is 30.9 Å². The van der Waals surface area contributed by atoms with Crippen molar-refractivity contribution in [2.45, 2.75) is 18.8 Å². The predicted octanol–water partition coefficient (Wildman–Crippen LogP) is 1.69. The van der Waals surface area contributed by atoms with E-state index in [-0.39, 0.29) is 11.9 Å². The molecule has 1 fully saturated rings. The number of urea groups is 1. The SMILES string of the molecule is CN(C)c1cc(NC(=O)N2CCCC(c3ccn(C)n3)C2)ncn1. The van der Waals surface area contributed by atoms with Gasteiger partial charge in [-0.3, -0.25) is 10.00 Å². The number of aryl methyl sites for hydroxylation is 1. The lowest BCUT2D eigenvalue weighted by molar-refractivity contribution is 0.192. The van der Waals surface area contributed by atoms with E-state index in [1.807, 2.05) is 43.2 Å². The minimum Gasteiger partial charge on any atom is -0.363 e. The van der Waals surface area contributed by atoms with Crippen molar-refractivity contribution >= 4 is 17.7 Å². The maximum atomic E-state index is 12.5. The largest absolute Gasteiger partial charge is 0.363 e. The molecule has 1 aliphatic heterocycles. The van der Waals surface area contributed by atoms with Crippen LogP contribution in [0.5, 0.6) is 0 Å². The Balaban J connectivity index is 1.65. The van der Waals surface area contributed by atoms with Crippen LogP contribution >= 0.6 is 0 Å². The molecule has 128 valence electrons. The van der Waals surface area contributed by atoms with Gasteiger partial charge in [-0.2, -0.15) is 5.10 Å². The van der Waals surface area contributed by atoms with Gasteiger partial charge in [-0.25, -0.2) is 14.8 Å². The van der Waals surface area contributed by atoms with E-state index in [0.29, 0.717) is 12.4 Å². The van der Waals surface area contributed by atoms with Crippen molar-refractivity contribution in [3.05, 3.63) is 30.4 Å². The maximum Gasteiger partial charge on any atom is 0.323 e. The number of carbonyl (C=O) groups excluding carboxylic acids is 1. The first-order chi connectivity index (χ1) is 11.5. The summed E-state index contributed by atoms with van der Waals surface area (Å²) >= 11 is 0. The van der Waals surface area contributed by atoms with Gasteiger partial charge in [0.05, 0.1) is 5.69 Å². The fourth-order valence-electron chi connectivity index (χ4n) is 2.90. The summed E-state index contributed by atoms with van der Waals surface area (Å²) in [6.45, 7) is 1.43. The Morgan fingerprint density at radius 2 is 2.21 bits per heavy atom. The zero-order valence-electron chi connectivity index (χ0n) is 14.3. The number of hydrogen-bond donors (Lipinski definition) is 1. The van der Waals surface area contributed by atoms with Crippen LogP contribution in [0.25, 0.3) is 0 Å². The second-order valence-electron chi connectivity index (χ2n) is 6.29. The molecule has 0 bridgehead atoms. The molecular weight excluding hydrogens is 306 g/mol. The quantitative estimate of drug-likeness (QED) is 0.927. The van der Waals surface area contributed by atoms with Gasteiger partial charge in [-0.05, 0) is 18.9 Å². The van der Waals surface area contributed by atoms with Gasteiger partial charge in [0.25, 0.3) is 0 Å². The normalized spacial score (nSPS) is 17.6. The molecule has 1 N–H and O–H groups in total. The topological polar surface area (TPSA) is 79.2 Å². The number of nitrogens with one attached hydrogen (secondary N) is 1. The lowest BCUT2D eigenvalue weighted by Crippen LogP contribution is -2.41. The number of aromatic nitrogens is 4. The van der Waals surface area contributed by atoms with Gasteiger partial charge in [0.2, 0.25) is 0 Å². The Morgan fingerprint density at radius 1 is 1.38 bits per heavy atom. The second-order valence-corrected chi connectivity index (χ2v) is 6.29. The number of carbonyl (C=O) groups is 1. The van der Waals surface area contributed by atoms with Crippen molar-refractivity contribution in [1.82, 2.24) is 24.6 Å². The molecule has 2 amide bonds. The Bertz CT molecular complexity index is 712. The van der Waals surface area contributed by atoms with Crippen LogP contribution in [0.4, 0.5) is 16.4 Å². The minimum atomic E-state index is -0.126. The molecular formula is C16H23N7O. The molecule has 1 saturated heterocycles. The van der Waals surface area contributed by atoms with Gasteiger partial charge < -0.3 is 9.80 Å². The molecule has 2 aromatic rings. The van der Waals surface area contributed by atoms with E-state index in [2.05, 4.69) is 20.4 Å². The molecule has 0 saturated carbocycles.